The van der Waals surface area contributed by atoms with Crippen LogP contribution in [0.15, 0.2) is 48.5 Å². The van der Waals surface area contributed by atoms with Gasteiger partial charge in [0.2, 0.25) is 0 Å². The highest BCUT2D eigenvalue weighted by molar-refractivity contribution is 7.91. The summed E-state index contributed by atoms with van der Waals surface area (Å²) in [7, 11) is -2.96. The van der Waals surface area contributed by atoms with E-state index in [9.17, 15) is 18.3 Å². The zero-order chi connectivity index (χ0) is 23.4. The lowest BCUT2D eigenvalue weighted by Crippen LogP contribution is -2.25. The van der Waals surface area contributed by atoms with Gasteiger partial charge in [0, 0.05) is 12.8 Å². The number of aryl methyl sites for hydroxylation is 1. The maximum atomic E-state index is 11.9. The largest absolute Gasteiger partial charge is 0.491 e. The Morgan fingerprint density at radius 1 is 1.21 bits per heavy atom. The van der Waals surface area contributed by atoms with Crippen molar-refractivity contribution in [3.05, 3.63) is 59.9 Å². The van der Waals surface area contributed by atoms with Crippen LogP contribution in [0.4, 0.5) is 0 Å². The van der Waals surface area contributed by atoms with Crippen LogP contribution >= 0.6 is 0 Å². The number of hydrogen-bond acceptors (Lipinski definition) is 6. The van der Waals surface area contributed by atoms with E-state index in [1.165, 1.54) is 0 Å². The van der Waals surface area contributed by atoms with Crippen molar-refractivity contribution >= 4 is 26.7 Å². The molecular weight excluding hydrogens is 440 g/mol. The van der Waals surface area contributed by atoms with Gasteiger partial charge in [0.05, 0.1) is 29.1 Å². The van der Waals surface area contributed by atoms with E-state index in [1.54, 1.807) is 6.92 Å². The van der Waals surface area contributed by atoms with Gasteiger partial charge in [0.25, 0.3) is 0 Å². The van der Waals surface area contributed by atoms with Crippen LogP contribution < -0.4 is 4.74 Å². The number of carbonyl (C=O) groups excluding carboxylic acids is 1. The first kappa shape index (κ1) is 23.4. The van der Waals surface area contributed by atoms with Crippen molar-refractivity contribution in [3.8, 4) is 5.75 Å². The fourth-order valence-corrected chi connectivity index (χ4v) is 6.17. The van der Waals surface area contributed by atoms with Crippen molar-refractivity contribution in [2.75, 3.05) is 18.1 Å². The molecular formula is C25H30N2O5S. The van der Waals surface area contributed by atoms with Gasteiger partial charge in [-0.25, -0.2) is 13.4 Å². The first-order valence-electron chi connectivity index (χ1n) is 11.3. The zero-order valence-corrected chi connectivity index (χ0v) is 19.6. The summed E-state index contributed by atoms with van der Waals surface area (Å²) in [4.78, 5) is 15.9. The van der Waals surface area contributed by atoms with E-state index in [4.69, 9.17) is 9.72 Å². The van der Waals surface area contributed by atoms with E-state index in [2.05, 4.69) is 0 Å². The van der Waals surface area contributed by atoms with E-state index in [0.717, 1.165) is 22.4 Å². The second-order valence-corrected chi connectivity index (χ2v) is 11.1. The van der Waals surface area contributed by atoms with Gasteiger partial charge in [-0.3, -0.25) is 0 Å². The molecule has 1 aromatic heterocycles. The van der Waals surface area contributed by atoms with Crippen molar-refractivity contribution in [1.82, 2.24) is 9.55 Å². The molecule has 0 radical (unpaired) electrons. The van der Waals surface area contributed by atoms with Crippen LogP contribution in [0.5, 0.6) is 5.75 Å². The third-order valence-electron chi connectivity index (χ3n) is 6.06. The summed E-state index contributed by atoms with van der Waals surface area (Å²) in [6.07, 6.45) is 1.69. The predicted octanol–water partition coefficient (Wildman–Crippen LogP) is 2.98. The third kappa shape index (κ3) is 6.21. The normalized spacial score (nSPS) is 18.4. The van der Waals surface area contributed by atoms with Gasteiger partial charge >= 0.3 is 0 Å². The van der Waals surface area contributed by atoms with Crippen LogP contribution in [0.25, 0.3) is 11.0 Å². The van der Waals surface area contributed by atoms with E-state index in [1.807, 2.05) is 53.1 Å². The van der Waals surface area contributed by atoms with Gasteiger partial charge in [0.15, 0.2) is 9.84 Å². The van der Waals surface area contributed by atoms with Crippen LogP contribution in [0.1, 0.15) is 31.2 Å². The molecule has 2 aromatic carbocycles. The number of aliphatic hydroxyl groups is 1. The number of Topliss-reactive ketones (excluding diaryl/α,β-unsaturated/α-hetero) is 1. The molecule has 1 aliphatic rings. The number of aliphatic hydroxyl groups excluding tert-OH is 1. The van der Waals surface area contributed by atoms with Crippen molar-refractivity contribution in [2.45, 2.75) is 45.3 Å². The number of aromatic nitrogens is 2. The second-order valence-electron chi connectivity index (χ2n) is 8.91. The highest BCUT2D eigenvalue weighted by Gasteiger charge is 2.29. The predicted molar refractivity (Wildman–Crippen MR) is 127 cm³/mol. The van der Waals surface area contributed by atoms with Crippen LogP contribution in [0.2, 0.25) is 0 Å². The van der Waals surface area contributed by atoms with E-state index >= 15 is 0 Å². The van der Waals surface area contributed by atoms with Gasteiger partial charge in [-0.15, -0.1) is 0 Å². The van der Waals surface area contributed by atoms with E-state index in [-0.39, 0.29) is 29.8 Å². The number of fused-ring (bicyclic) bond motifs is 1. The number of nitrogens with zero attached hydrogens (tertiary/aromatic N) is 2. The molecule has 0 amide bonds. The van der Waals surface area contributed by atoms with Gasteiger partial charge < -0.3 is 19.2 Å². The van der Waals surface area contributed by atoms with E-state index in [0.29, 0.717) is 38.0 Å². The fourth-order valence-electron chi connectivity index (χ4n) is 4.30. The maximum Gasteiger partial charge on any atom is 0.150 e. The van der Waals surface area contributed by atoms with Gasteiger partial charge in [-0.1, -0.05) is 24.3 Å². The number of benzene rings is 2. The Labute approximate surface area is 194 Å². The number of ketones is 1. The molecule has 1 fully saturated rings. The summed E-state index contributed by atoms with van der Waals surface area (Å²) >= 11 is 0. The molecule has 1 aliphatic heterocycles. The highest BCUT2D eigenvalue weighted by atomic mass is 32.2. The molecule has 0 spiro atoms. The Bertz CT molecular complexity index is 1220. The first-order valence-corrected chi connectivity index (χ1v) is 13.1. The lowest BCUT2D eigenvalue weighted by Gasteiger charge is -2.17. The Morgan fingerprint density at radius 2 is 1.97 bits per heavy atom. The number of carbonyl (C=O) groups is 1. The average molecular weight is 471 g/mol. The summed E-state index contributed by atoms with van der Waals surface area (Å²) in [5.74, 6) is 2.12. The smallest absolute Gasteiger partial charge is 0.150 e. The number of sulfone groups is 1. The lowest BCUT2D eigenvalue weighted by molar-refractivity contribution is -0.116. The molecule has 1 N–H and O–H groups in total. The molecule has 33 heavy (non-hydrogen) atoms. The summed E-state index contributed by atoms with van der Waals surface area (Å²) in [6, 6.07) is 15.3. The van der Waals surface area contributed by atoms with Gasteiger partial charge in [-0.2, -0.15) is 0 Å². The minimum atomic E-state index is -2.96. The molecule has 8 heteroatoms. The number of rotatable bonds is 10. The standard InChI is InChI=1S/C25H30N2O5S/c1-18(28)6-7-19-8-10-22(11-9-19)32-16-21(29)15-27-24-5-3-2-4-23(24)26-25(27)14-20-12-13-33(30,31)17-20/h2-5,8-11,20-21,29H,6-7,12-17H2,1H3/t20-,21+/m0/s1. The van der Waals surface area contributed by atoms with Crippen LogP contribution in [-0.4, -0.2) is 53.1 Å². The highest BCUT2D eigenvalue weighted by Crippen LogP contribution is 2.25. The molecule has 4 rings (SSSR count). The molecule has 1 saturated heterocycles. The second kappa shape index (κ2) is 10.1. The minimum absolute atomic E-state index is 0.0560. The summed E-state index contributed by atoms with van der Waals surface area (Å²) in [5, 5.41) is 10.7. The molecule has 3 aromatic rings. The quantitative estimate of drug-likeness (QED) is 0.489. The zero-order valence-electron chi connectivity index (χ0n) is 18.8. The lowest BCUT2D eigenvalue weighted by atomic mass is 10.1. The fraction of sp³-hybridized carbons (Fsp3) is 0.440. The van der Waals surface area contributed by atoms with Gasteiger partial charge in [0.1, 0.15) is 30.1 Å². The molecule has 0 aliphatic carbocycles. The number of hydrogen-bond donors (Lipinski definition) is 1. The Morgan fingerprint density at radius 3 is 2.67 bits per heavy atom. The topological polar surface area (TPSA) is 98.5 Å². The molecule has 7 nitrogen and oxygen atoms in total. The maximum absolute atomic E-state index is 11.9. The summed E-state index contributed by atoms with van der Waals surface area (Å²) in [5.41, 5.74) is 2.83. The molecule has 0 bridgehead atoms. The minimum Gasteiger partial charge on any atom is -0.491 e. The Hall–Kier alpha value is -2.71. The molecule has 2 heterocycles. The molecule has 2 atom stereocenters. The number of ether oxygens (including phenoxy) is 1. The monoisotopic (exact) mass is 470 g/mol. The number of imidazole rings is 1. The average Bonchev–Trinajstić information content (AvgIpc) is 3.30. The van der Waals surface area contributed by atoms with Crippen LogP contribution in [0.3, 0.4) is 0 Å². The Balaban J connectivity index is 1.41. The molecule has 0 saturated carbocycles. The van der Waals surface area contributed by atoms with Crippen molar-refractivity contribution in [3.63, 3.8) is 0 Å². The van der Waals surface area contributed by atoms with Gasteiger partial charge in [-0.05, 0) is 55.5 Å². The SMILES string of the molecule is CC(=O)CCc1ccc(OC[C@H](O)Cn2c(C[C@@H]3CCS(=O)(=O)C3)nc3ccccc32)cc1. The first-order chi connectivity index (χ1) is 15.8. The van der Waals surface area contributed by atoms with Crippen LogP contribution in [0, 0.1) is 5.92 Å². The van der Waals surface area contributed by atoms with Crippen molar-refractivity contribution < 1.29 is 23.1 Å². The van der Waals surface area contributed by atoms with Crippen LogP contribution in [-0.2, 0) is 34.0 Å². The van der Waals surface area contributed by atoms with Crippen molar-refractivity contribution in [2.24, 2.45) is 5.92 Å². The molecule has 176 valence electrons. The third-order valence-corrected chi connectivity index (χ3v) is 7.89. The molecule has 0 unspecified atom stereocenters. The Kier molecular flexibility index (Phi) is 7.14. The number of para-hydroxylation sites is 2. The van der Waals surface area contributed by atoms with Crippen molar-refractivity contribution in [1.29, 1.82) is 0 Å². The summed E-state index contributed by atoms with van der Waals surface area (Å²) < 4.78 is 31.5. The summed E-state index contributed by atoms with van der Waals surface area (Å²) in [6.45, 7) is 2.02. The van der Waals surface area contributed by atoms with E-state index < -0.39 is 15.9 Å².